The van der Waals surface area contributed by atoms with Gasteiger partial charge in [0.05, 0.1) is 23.8 Å². The van der Waals surface area contributed by atoms with Crippen molar-refractivity contribution in [1.82, 2.24) is 0 Å². The first-order chi connectivity index (χ1) is 10.6. The van der Waals surface area contributed by atoms with Crippen LogP contribution in [0.2, 0.25) is 0 Å². The summed E-state index contributed by atoms with van der Waals surface area (Å²) in [7, 11) is 1.54. The number of non-ortho nitro benzene ring substituents is 1. The van der Waals surface area contributed by atoms with Crippen molar-refractivity contribution in [2.45, 2.75) is 0 Å². The Morgan fingerprint density at radius 1 is 1.23 bits per heavy atom. The lowest BCUT2D eigenvalue weighted by Gasteiger charge is -2.00. The second-order valence-electron chi connectivity index (χ2n) is 4.20. The van der Waals surface area contributed by atoms with Crippen LogP contribution >= 0.6 is 0 Å². The molecule has 0 N–H and O–H groups in total. The van der Waals surface area contributed by atoms with E-state index in [1.165, 1.54) is 24.4 Å². The fraction of sp³-hybridized carbons (Fsp3) is 0.0667. The number of hydrogen-bond acceptors (Lipinski definition) is 6. The summed E-state index contributed by atoms with van der Waals surface area (Å²) in [6.07, 6.45) is 1.35. The summed E-state index contributed by atoms with van der Waals surface area (Å²) in [6, 6.07) is 12.2. The Bertz CT molecular complexity index is 727. The van der Waals surface area contributed by atoms with Crippen LogP contribution in [0.4, 0.5) is 5.69 Å². The van der Waals surface area contributed by atoms with Crippen LogP contribution in [-0.4, -0.2) is 24.2 Å². The van der Waals surface area contributed by atoms with Crippen LogP contribution in [0.25, 0.3) is 0 Å². The Morgan fingerprint density at radius 3 is 2.73 bits per heavy atom. The molecule has 0 bridgehead atoms. The predicted molar refractivity (Wildman–Crippen MR) is 79.1 cm³/mol. The Labute approximate surface area is 125 Å². The third kappa shape index (κ3) is 3.89. The Hall–Kier alpha value is -3.22. The summed E-state index contributed by atoms with van der Waals surface area (Å²) >= 11 is 0. The van der Waals surface area contributed by atoms with Gasteiger partial charge in [0.2, 0.25) is 0 Å². The van der Waals surface area contributed by atoms with Gasteiger partial charge in [-0.15, -0.1) is 0 Å². The van der Waals surface area contributed by atoms with Gasteiger partial charge in [0.25, 0.3) is 5.69 Å². The molecule has 22 heavy (non-hydrogen) atoms. The molecule has 0 radical (unpaired) electrons. The number of oxime groups is 1. The van der Waals surface area contributed by atoms with Crippen molar-refractivity contribution < 1.29 is 19.3 Å². The summed E-state index contributed by atoms with van der Waals surface area (Å²) in [5, 5.41) is 14.2. The summed E-state index contributed by atoms with van der Waals surface area (Å²) in [6.45, 7) is 0. The van der Waals surface area contributed by atoms with E-state index in [0.29, 0.717) is 11.3 Å². The minimum absolute atomic E-state index is 0.0528. The number of carbonyl (C=O) groups is 1. The maximum Gasteiger partial charge on any atom is 0.365 e. The van der Waals surface area contributed by atoms with Gasteiger partial charge in [-0.25, -0.2) is 4.79 Å². The van der Waals surface area contributed by atoms with Crippen LogP contribution in [0.15, 0.2) is 53.7 Å². The van der Waals surface area contributed by atoms with Crippen LogP contribution in [0.1, 0.15) is 15.9 Å². The second-order valence-corrected chi connectivity index (χ2v) is 4.20. The fourth-order valence-electron chi connectivity index (χ4n) is 1.66. The molecule has 0 aliphatic heterocycles. The molecule has 7 nitrogen and oxygen atoms in total. The number of nitro groups is 1. The Balaban J connectivity index is 2.04. The first-order valence-electron chi connectivity index (χ1n) is 6.23. The molecule has 2 rings (SSSR count). The van der Waals surface area contributed by atoms with E-state index in [4.69, 9.17) is 9.57 Å². The van der Waals surface area contributed by atoms with E-state index in [9.17, 15) is 14.9 Å². The van der Waals surface area contributed by atoms with E-state index in [1.807, 2.05) is 0 Å². The minimum atomic E-state index is -0.775. The number of rotatable bonds is 5. The molecule has 0 amide bonds. The first-order valence-corrected chi connectivity index (χ1v) is 6.23. The highest BCUT2D eigenvalue weighted by atomic mass is 16.7. The number of nitro benzene ring substituents is 1. The van der Waals surface area contributed by atoms with Crippen LogP contribution in [0, 0.1) is 10.1 Å². The van der Waals surface area contributed by atoms with Crippen molar-refractivity contribution >= 4 is 17.9 Å². The molecule has 0 aliphatic rings. The van der Waals surface area contributed by atoms with Gasteiger partial charge in [-0.3, -0.25) is 10.1 Å². The molecular formula is C15H12N2O5. The largest absolute Gasteiger partial charge is 0.497 e. The lowest BCUT2D eigenvalue weighted by molar-refractivity contribution is -0.384. The van der Waals surface area contributed by atoms with Crippen LogP contribution in [-0.2, 0) is 4.84 Å². The molecular weight excluding hydrogens is 288 g/mol. The zero-order chi connectivity index (χ0) is 15.9. The third-order valence-corrected chi connectivity index (χ3v) is 2.72. The highest BCUT2D eigenvalue weighted by Gasteiger charge is 2.12. The number of nitrogens with zero attached hydrogens (tertiary/aromatic N) is 2. The molecule has 0 atom stereocenters. The van der Waals surface area contributed by atoms with Crippen LogP contribution in [0.5, 0.6) is 5.75 Å². The minimum Gasteiger partial charge on any atom is -0.497 e. The molecule has 7 heteroatoms. The summed E-state index contributed by atoms with van der Waals surface area (Å²) < 4.78 is 5.05. The van der Waals surface area contributed by atoms with Gasteiger partial charge in [-0.1, -0.05) is 23.4 Å². The number of carbonyl (C=O) groups excluding carboxylic acids is 1. The molecule has 0 unspecified atom stereocenters. The SMILES string of the molecule is COc1cccc(C=NOC(=O)c2cccc([N+](=O)[O-])c2)c1. The zero-order valence-corrected chi connectivity index (χ0v) is 11.6. The molecule has 0 saturated heterocycles. The monoisotopic (exact) mass is 300 g/mol. The second kappa shape index (κ2) is 6.98. The summed E-state index contributed by atoms with van der Waals surface area (Å²) in [4.78, 5) is 26.5. The van der Waals surface area contributed by atoms with Gasteiger partial charge in [0.1, 0.15) is 5.75 Å². The maximum atomic E-state index is 11.7. The molecule has 0 aliphatic carbocycles. The van der Waals surface area contributed by atoms with E-state index in [-0.39, 0.29) is 11.3 Å². The molecule has 0 aromatic heterocycles. The van der Waals surface area contributed by atoms with Gasteiger partial charge in [0, 0.05) is 12.1 Å². The topological polar surface area (TPSA) is 91.0 Å². The van der Waals surface area contributed by atoms with Crippen LogP contribution < -0.4 is 4.74 Å². The Morgan fingerprint density at radius 2 is 2.00 bits per heavy atom. The van der Waals surface area contributed by atoms with Crippen molar-refractivity contribution in [2.24, 2.45) is 5.16 Å². The van der Waals surface area contributed by atoms with E-state index >= 15 is 0 Å². The van der Waals surface area contributed by atoms with Crippen molar-refractivity contribution in [2.75, 3.05) is 7.11 Å². The van der Waals surface area contributed by atoms with E-state index in [1.54, 1.807) is 31.4 Å². The molecule has 0 saturated carbocycles. The van der Waals surface area contributed by atoms with Crippen LogP contribution in [0.3, 0.4) is 0 Å². The normalized spacial score (nSPS) is 10.4. The van der Waals surface area contributed by atoms with Gasteiger partial charge < -0.3 is 9.57 Å². The number of ether oxygens (including phenoxy) is 1. The van der Waals surface area contributed by atoms with Gasteiger partial charge in [-0.05, 0) is 23.8 Å². The van der Waals surface area contributed by atoms with Crippen molar-refractivity contribution in [1.29, 1.82) is 0 Å². The van der Waals surface area contributed by atoms with Gasteiger partial charge in [0.15, 0.2) is 0 Å². The zero-order valence-electron chi connectivity index (χ0n) is 11.6. The quantitative estimate of drug-likeness (QED) is 0.366. The van der Waals surface area contributed by atoms with E-state index in [2.05, 4.69) is 5.16 Å². The molecule has 0 fully saturated rings. The number of benzene rings is 2. The fourth-order valence-corrected chi connectivity index (χ4v) is 1.66. The average Bonchev–Trinajstić information content (AvgIpc) is 2.55. The van der Waals surface area contributed by atoms with Crippen molar-refractivity contribution in [3.8, 4) is 5.75 Å². The molecule has 2 aromatic rings. The highest BCUT2D eigenvalue weighted by Crippen LogP contribution is 2.14. The highest BCUT2D eigenvalue weighted by molar-refractivity contribution is 5.90. The lowest BCUT2D eigenvalue weighted by atomic mass is 10.2. The summed E-state index contributed by atoms with van der Waals surface area (Å²) in [5.74, 6) is -0.128. The number of methoxy groups -OCH3 is 1. The lowest BCUT2D eigenvalue weighted by Crippen LogP contribution is -2.02. The summed E-state index contributed by atoms with van der Waals surface area (Å²) in [5.41, 5.74) is 0.550. The van der Waals surface area contributed by atoms with E-state index in [0.717, 1.165) is 6.07 Å². The first kappa shape index (κ1) is 15.2. The van der Waals surface area contributed by atoms with Gasteiger partial charge >= 0.3 is 5.97 Å². The maximum absolute atomic E-state index is 11.7. The molecule has 0 spiro atoms. The molecule has 2 aromatic carbocycles. The standard InChI is InChI=1S/C15H12N2O5/c1-21-14-7-2-4-11(8-14)10-16-22-15(18)12-5-3-6-13(9-12)17(19)20/h2-10H,1H3. The smallest absolute Gasteiger partial charge is 0.365 e. The van der Waals surface area contributed by atoms with Gasteiger partial charge in [-0.2, -0.15) is 0 Å². The van der Waals surface area contributed by atoms with E-state index < -0.39 is 10.9 Å². The van der Waals surface area contributed by atoms with Crippen molar-refractivity contribution in [3.63, 3.8) is 0 Å². The molecule has 0 heterocycles. The third-order valence-electron chi connectivity index (χ3n) is 2.72. The number of hydrogen-bond donors (Lipinski definition) is 0. The molecule has 112 valence electrons. The van der Waals surface area contributed by atoms with Crippen molar-refractivity contribution in [3.05, 3.63) is 69.8 Å². The Kier molecular flexibility index (Phi) is 4.81. The predicted octanol–water partition coefficient (Wildman–Crippen LogP) is 2.79. The average molecular weight is 300 g/mol.